The Morgan fingerprint density at radius 3 is 1.30 bits per heavy atom. The monoisotopic (exact) mass is 601 g/mol. The fourth-order valence-electron chi connectivity index (χ4n) is 6.87. The van der Waals surface area contributed by atoms with E-state index in [1.165, 1.54) is 61.3 Å². The van der Waals surface area contributed by atoms with Crippen LogP contribution in [-0.4, -0.2) is 0 Å². The Balaban J connectivity index is 1.38. The first-order valence-electron chi connectivity index (χ1n) is 16.4. The van der Waals surface area contributed by atoms with E-state index in [0.29, 0.717) is 0 Å². The Hall–Kier alpha value is -5.92. The van der Waals surface area contributed by atoms with Crippen molar-refractivity contribution >= 4 is 23.1 Å². The third kappa shape index (κ3) is 5.69. The highest BCUT2D eigenvalue weighted by molar-refractivity contribution is 5.93. The van der Waals surface area contributed by atoms with Crippen LogP contribution in [0.4, 0.5) is 17.1 Å². The Bertz CT molecular complexity index is 2040. The molecule has 0 aliphatic heterocycles. The topological polar surface area (TPSA) is 3.24 Å². The zero-order valence-electron chi connectivity index (χ0n) is 26.3. The molecule has 0 saturated carbocycles. The van der Waals surface area contributed by atoms with E-state index in [9.17, 15) is 0 Å². The minimum absolute atomic E-state index is 1.05. The Labute approximate surface area is 277 Å². The van der Waals surface area contributed by atoms with Crippen molar-refractivity contribution < 1.29 is 0 Å². The first-order chi connectivity index (χ1) is 23.3. The van der Waals surface area contributed by atoms with Crippen LogP contribution in [0.1, 0.15) is 17.5 Å². The highest BCUT2D eigenvalue weighted by atomic mass is 15.1. The van der Waals surface area contributed by atoms with Crippen molar-refractivity contribution in [1.29, 1.82) is 0 Å². The first kappa shape index (κ1) is 28.5. The van der Waals surface area contributed by atoms with E-state index in [1.54, 1.807) is 0 Å². The Morgan fingerprint density at radius 2 is 0.830 bits per heavy atom. The molecule has 0 atom stereocenters. The van der Waals surface area contributed by atoms with Crippen molar-refractivity contribution in [1.82, 2.24) is 0 Å². The average molecular weight is 602 g/mol. The molecule has 0 saturated heterocycles. The minimum Gasteiger partial charge on any atom is -0.310 e. The molecular formula is C46H35N. The fourth-order valence-corrected chi connectivity index (χ4v) is 6.87. The van der Waals surface area contributed by atoms with E-state index in [0.717, 1.165) is 24.2 Å². The smallest absolute Gasteiger partial charge is 0.0536 e. The van der Waals surface area contributed by atoms with E-state index in [-0.39, 0.29) is 0 Å². The van der Waals surface area contributed by atoms with Gasteiger partial charge < -0.3 is 4.90 Å². The summed E-state index contributed by atoms with van der Waals surface area (Å²) in [6, 6.07) is 63.6. The van der Waals surface area contributed by atoms with Gasteiger partial charge in [0.05, 0.1) is 5.69 Å². The number of nitrogens with zero attached hydrogens (tertiary/aromatic N) is 1. The van der Waals surface area contributed by atoms with Gasteiger partial charge in [-0.2, -0.15) is 0 Å². The second-order valence-electron chi connectivity index (χ2n) is 12.1. The molecule has 1 heteroatoms. The normalized spacial score (nSPS) is 12.0. The zero-order valence-corrected chi connectivity index (χ0v) is 26.3. The van der Waals surface area contributed by atoms with Crippen molar-refractivity contribution in [3.05, 3.63) is 193 Å². The number of fused-ring (bicyclic) bond motifs is 1. The molecule has 47 heavy (non-hydrogen) atoms. The van der Waals surface area contributed by atoms with Gasteiger partial charge in [-0.3, -0.25) is 0 Å². The molecule has 0 radical (unpaired) electrons. The summed E-state index contributed by atoms with van der Waals surface area (Å²) in [7, 11) is 0. The van der Waals surface area contributed by atoms with Crippen LogP contribution in [0.25, 0.3) is 50.6 Å². The van der Waals surface area contributed by atoms with Gasteiger partial charge in [0.15, 0.2) is 0 Å². The third-order valence-electron chi connectivity index (χ3n) is 9.14. The quantitative estimate of drug-likeness (QED) is 0.176. The minimum atomic E-state index is 1.05. The zero-order chi connectivity index (χ0) is 31.4. The molecular weight excluding hydrogens is 567 g/mol. The van der Waals surface area contributed by atoms with Crippen molar-refractivity contribution in [2.24, 2.45) is 0 Å². The molecule has 0 N–H and O–H groups in total. The van der Waals surface area contributed by atoms with Crippen LogP contribution >= 0.6 is 0 Å². The molecule has 0 heterocycles. The lowest BCUT2D eigenvalue weighted by Gasteiger charge is -2.30. The van der Waals surface area contributed by atoms with Crippen LogP contribution in [0.5, 0.6) is 0 Å². The highest BCUT2D eigenvalue weighted by Crippen LogP contribution is 2.45. The molecule has 7 aromatic carbocycles. The summed E-state index contributed by atoms with van der Waals surface area (Å²) in [6.45, 7) is 0. The predicted molar refractivity (Wildman–Crippen MR) is 200 cm³/mol. The second kappa shape index (κ2) is 12.8. The van der Waals surface area contributed by atoms with Gasteiger partial charge in [-0.05, 0) is 93.2 Å². The highest BCUT2D eigenvalue weighted by Gasteiger charge is 2.22. The largest absolute Gasteiger partial charge is 0.310 e. The second-order valence-corrected chi connectivity index (χ2v) is 12.1. The average Bonchev–Trinajstić information content (AvgIpc) is 3.16. The standard InChI is InChI=1S/C46H35N/c1-5-16-34(17-6-1)41-30-28-39(32-44(41)37-20-9-3-10-21-37)47(46-27-15-25-36-24-13-14-26-43(36)46)40-29-31-42(35-18-7-2-8-19-35)45(33-40)38-22-11-4-12-23-38/h1-12,14-23,25-33H,13,24H2. The van der Waals surface area contributed by atoms with Crippen LogP contribution in [0.15, 0.2) is 182 Å². The number of allylic oxidation sites excluding steroid dienone is 1. The summed E-state index contributed by atoms with van der Waals surface area (Å²) in [5.41, 5.74) is 15.8. The maximum absolute atomic E-state index is 2.46. The maximum Gasteiger partial charge on any atom is 0.0536 e. The molecule has 0 amide bonds. The number of hydrogen-bond donors (Lipinski definition) is 0. The van der Waals surface area contributed by atoms with Gasteiger partial charge in [0, 0.05) is 16.9 Å². The van der Waals surface area contributed by atoms with Gasteiger partial charge in [0.1, 0.15) is 0 Å². The van der Waals surface area contributed by atoms with Crippen LogP contribution < -0.4 is 4.90 Å². The summed E-state index contributed by atoms with van der Waals surface area (Å²) in [4.78, 5) is 2.46. The van der Waals surface area contributed by atoms with E-state index >= 15 is 0 Å². The number of anilines is 3. The van der Waals surface area contributed by atoms with Crippen molar-refractivity contribution in [2.45, 2.75) is 12.8 Å². The lowest BCUT2D eigenvalue weighted by molar-refractivity contribution is 0.984. The summed E-state index contributed by atoms with van der Waals surface area (Å²) in [5.74, 6) is 0. The van der Waals surface area contributed by atoms with E-state index in [2.05, 4.69) is 193 Å². The molecule has 1 aliphatic carbocycles. The summed E-state index contributed by atoms with van der Waals surface area (Å²) < 4.78 is 0. The molecule has 0 aromatic heterocycles. The van der Waals surface area contributed by atoms with Gasteiger partial charge in [-0.15, -0.1) is 0 Å². The van der Waals surface area contributed by atoms with Gasteiger partial charge in [0.2, 0.25) is 0 Å². The van der Waals surface area contributed by atoms with E-state index < -0.39 is 0 Å². The molecule has 1 nitrogen and oxygen atoms in total. The lowest BCUT2D eigenvalue weighted by atomic mass is 9.91. The Morgan fingerprint density at radius 1 is 0.383 bits per heavy atom. The molecule has 8 rings (SSSR count). The van der Waals surface area contributed by atoms with Crippen LogP contribution in [-0.2, 0) is 6.42 Å². The third-order valence-corrected chi connectivity index (χ3v) is 9.14. The van der Waals surface area contributed by atoms with E-state index in [4.69, 9.17) is 0 Å². The number of hydrogen-bond acceptors (Lipinski definition) is 1. The molecule has 224 valence electrons. The number of benzene rings is 7. The van der Waals surface area contributed by atoms with Gasteiger partial charge in [0.25, 0.3) is 0 Å². The summed E-state index contributed by atoms with van der Waals surface area (Å²) in [6.07, 6.45) is 6.75. The van der Waals surface area contributed by atoms with Crippen LogP contribution in [0.3, 0.4) is 0 Å². The van der Waals surface area contributed by atoms with Gasteiger partial charge >= 0.3 is 0 Å². The van der Waals surface area contributed by atoms with Crippen molar-refractivity contribution in [2.75, 3.05) is 4.90 Å². The molecule has 0 fully saturated rings. The fraction of sp³-hybridized carbons (Fsp3) is 0.0435. The van der Waals surface area contributed by atoms with Crippen molar-refractivity contribution in [3.63, 3.8) is 0 Å². The molecule has 0 spiro atoms. The SMILES string of the molecule is C1=Cc2c(cccc2N(c2ccc(-c3ccccc3)c(-c3ccccc3)c2)c2ccc(-c3ccccc3)c(-c3ccccc3)c2)CC1. The number of aryl methyl sites for hydroxylation is 1. The van der Waals surface area contributed by atoms with Gasteiger partial charge in [-0.1, -0.05) is 158 Å². The summed E-state index contributed by atoms with van der Waals surface area (Å²) in [5, 5.41) is 0. The first-order valence-corrected chi connectivity index (χ1v) is 16.4. The van der Waals surface area contributed by atoms with Crippen LogP contribution in [0, 0.1) is 0 Å². The van der Waals surface area contributed by atoms with Crippen molar-refractivity contribution in [3.8, 4) is 44.5 Å². The van der Waals surface area contributed by atoms with Gasteiger partial charge in [-0.25, -0.2) is 0 Å². The molecule has 0 unspecified atom stereocenters. The molecule has 0 bridgehead atoms. The Kier molecular flexibility index (Phi) is 7.79. The molecule has 1 aliphatic rings. The van der Waals surface area contributed by atoms with Crippen LogP contribution in [0.2, 0.25) is 0 Å². The molecule has 7 aromatic rings. The number of rotatable bonds is 7. The predicted octanol–water partition coefficient (Wildman–Crippen LogP) is 12.8. The summed E-state index contributed by atoms with van der Waals surface area (Å²) >= 11 is 0. The maximum atomic E-state index is 2.46. The van der Waals surface area contributed by atoms with E-state index in [1.807, 2.05) is 0 Å². The lowest BCUT2D eigenvalue weighted by Crippen LogP contribution is -2.13.